The van der Waals surface area contributed by atoms with Crippen molar-refractivity contribution in [1.29, 1.82) is 0 Å². The Morgan fingerprint density at radius 2 is 2.30 bits per heavy atom. The smallest absolute Gasteiger partial charge is 0.410 e. The molecule has 1 aromatic rings. The third kappa shape index (κ3) is 3.28. The van der Waals surface area contributed by atoms with Crippen molar-refractivity contribution in [2.45, 2.75) is 45.3 Å². The van der Waals surface area contributed by atoms with Crippen LogP contribution in [0.2, 0.25) is 0 Å². The summed E-state index contributed by atoms with van der Waals surface area (Å²) in [5.74, 6) is 0. The summed E-state index contributed by atoms with van der Waals surface area (Å²) >= 11 is 0. The SMILES string of the molecule is CC(C)(C)OC(=O)N1CCc2ncccc2C1CCO. The molecule has 5 nitrogen and oxygen atoms in total. The Balaban J connectivity index is 2.24. The zero-order valence-electron chi connectivity index (χ0n) is 12.3. The molecule has 0 saturated heterocycles. The number of ether oxygens (including phenoxy) is 1. The number of aliphatic hydroxyl groups is 1. The zero-order valence-corrected chi connectivity index (χ0v) is 12.3. The first-order chi connectivity index (χ1) is 9.42. The lowest BCUT2D eigenvalue weighted by atomic mass is 9.95. The number of amides is 1. The van der Waals surface area contributed by atoms with Gasteiger partial charge in [0.2, 0.25) is 0 Å². The topological polar surface area (TPSA) is 62.7 Å². The molecule has 1 aromatic heterocycles. The van der Waals surface area contributed by atoms with Crippen LogP contribution in [0.4, 0.5) is 4.79 Å². The van der Waals surface area contributed by atoms with E-state index in [1.165, 1.54) is 0 Å². The summed E-state index contributed by atoms with van der Waals surface area (Å²) in [7, 11) is 0. The lowest BCUT2D eigenvalue weighted by Gasteiger charge is -2.37. The number of rotatable bonds is 2. The highest BCUT2D eigenvalue weighted by atomic mass is 16.6. The maximum absolute atomic E-state index is 12.3. The summed E-state index contributed by atoms with van der Waals surface area (Å²) in [5, 5.41) is 9.28. The fourth-order valence-corrected chi connectivity index (χ4v) is 2.49. The van der Waals surface area contributed by atoms with Gasteiger partial charge in [-0.05, 0) is 38.8 Å². The summed E-state index contributed by atoms with van der Waals surface area (Å²) in [4.78, 5) is 18.4. The molecule has 2 heterocycles. The first-order valence-electron chi connectivity index (χ1n) is 6.96. The molecule has 110 valence electrons. The molecule has 5 heteroatoms. The maximum atomic E-state index is 12.3. The predicted octanol–water partition coefficient (Wildman–Crippen LogP) is 2.30. The number of aromatic nitrogens is 1. The first kappa shape index (κ1) is 14.8. The summed E-state index contributed by atoms with van der Waals surface area (Å²) in [5.41, 5.74) is 1.50. The van der Waals surface area contributed by atoms with Gasteiger partial charge in [0.25, 0.3) is 0 Å². The largest absolute Gasteiger partial charge is 0.444 e. The van der Waals surface area contributed by atoms with E-state index in [9.17, 15) is 9.90 Å². The van der Waals surface area contributed by atoms with E-state index in [1.54, 1.807) is 11.1 Å². The number of carbonyl (C=O) groups excluding carboxylic acids is 1. The highest BCUT2D eigenvalue weighted by Crippen LogP contribution is 2.32. The standard InChI is InChI=1S/C15H22N2O3/c1-15(2,3)20-14(19)17-9-6-12-11(5-4-8-16-12)13(17)7-10-18/h4-5,8,13,18H,6-7,9-10H2,1-3H3. The maximum Gasteiger partial charge on any atom is 0.410 e. The second kappa shape index (κ2) is 5.79. The monoisotopic (exact) mass is 278 g/mol. The lowest BCUT2D eigenvalue weighted by molar-refractivity contribution is 0.0114. The Labute approximate surface area is 119 Å². The van der Waals surface area contributed by atoms with E-state index in [-0.39, 0.29) is 18.7 Å². The van der Waals surface area contributed by atoms with Crippen LogP contribution >= 0.6 is 0 Å². The minimum atomic E-state index is -0.518. The molecule has 0 aliphatic carbocycles. The number of pyridine rings is 1. The highest BCUT2D eigenvalue weighted by molar-refractivity contribution is 5.69. The normalized spacial score (nSPS) is 18.6. The van der Waals surface area contributed by atoms with E-state index in [0.717, 1.165) is 17.7 Å². The summed E-state index contributed by atoms with van der Waals surface area (Å²) in [6.07, 6.45) is 2.65. The number of hydrogen-bond donors (Lipinski definition) is 1. The van der Waals surface area contributed by atoms with Gasteiger partial charge < -0.3 is 14.7 Å². The molecule has 1 amide bonds. The number of nitrogens with zero attached hydrogens (tertiary/aromatic N) is 2. The molecule has 0 aromatic carbocycles. The molecule has 0 fully saturated rings. The molecule has 20 heavy (non-hydrogen) atoms. The predicted molar refractivity (Wildman–Crippen MR) is 75.3 cm³/mol. The Morgan fingerprint density at radius 1 is 1.55 bits per heavy atom. The van der Waals surface area contributed by atoms with Crippen molar-refractivity contribution in [2.24, 2.45) is 0 Å². The van der Waals surface area contributed by atoms with E-state index in [1.807, 2.05) is 32.9 Å². The number of hydrogen-bond acceptors (Lipinski definition) is 4. The van der Waals surface area contributed by atoms with Crippen LogP contribution in [0.15, 0.2) is 18.3 Å². The number of aliphatic hydroxyl groups excluding tert-OH is 1. The van der Waals surface area contributed by atoms with Crippen LogP contribution in [0.1, 0.15) is 44.5 Å². The summed E-state index contributed by atoms with van der Waals surface area (Å²) in [6, 6.07) is 3.67. The van der Waals surface area contributed by atoms with E-state index >= 15 is 0 Å². The molecule has 1 atom stereocenters. The van der Waals surface area contributed by atoms with E-state index in [2.05, 4.69) is 4.98 Å². The average molecular weight is 278 g/mol. The molecule has 1 N–H and O–H groups in total. The van der Waals surface area contributed by atoms with Gasteiger partial charge in [-0.15, -0.1) is 0 Å². The molecule has 1 aliphatic heterocycles. The Bertz CT molecular complexity index is 482. The first-order valence-corrected chi connectivity index (χ1v) is 6.96. The van der Waals surface area contributed by atoms with E-state index < -0.39 is 5.60 Å². The highest BCUT2D eigenvalue weighted by Gasteiger charge is 2.33. The minimum absolute atomic E-state index is 0.0261. The van der Waals surface area contributed by atoms with Crippen molar-refractivity contribution in [3.05, 3.63) is 29.6 Å². The Morgan fingerprint density at radius 3 is 2.95 bits per heavy atom. The Kier molecular flexibility index (Phi) is 4.28. The molecule has 2 rings (SSSR count). The van der Waals surface area contributed by atoms with E-state index in [0.29, 0.717) is 13.0 Å². The summed E-state index contributed by atoms with van der Waals surface area (Å²) < 4.78 is 5.45. The number of fused-ring (bicyclic) bond motifs is 1. The van der Waals surface area contributed by atoms with Gasteiger partial charge in [0.1, 0.15) is 5.60 Å². The van der Waals surface area contributed by atoms with Crippen LogP contribution in [-0.4, -0.2) is 39.8 Å². The third-order valence-electron chi connectivity index (χ3n) is 3.28. The second-order valence-corrected chi connectivity index (χ2v) is 5.99. The van der Waals surface area contributed by atoms with Crippen molar-refractivity contribution in [3.8, 4) is 0 Å². The molecular formula is C15H22N2O3. The van der Waals surface area contributed by atoms with Gasteiger partial charge >= 0.3 is 6.09 Å². The zero-order chi connectivity index (χ0) is 14.8. The molecule has 0 spiro atoms. The van der Waals surface area contributed by atoms with Crippen LogP contribution in [0.5, 0.6) is 0 Å². The second-order valence-electron chi connectivity index (χ2n) is 5.99. The van der Waals surface area contributed by atoms with Crippen molar-refractivity contribution < 1.29 is 14.6 Å². The quantitative estimate of drug-likeness (QED) is 0.901. The van der Waals surface area contributed by atoms with E-state index in [4.69, 9.17) is 4.74 Å². The molecule has 0 bridgehead atoms. The fourth-order valence-electron chi connectivity index (χ4n) is 2.49. The van der Waals surface area contributed by atoms with Crippen LogP contribution in [0.3, 0.4) is 0 Å². The van der Waals surface area contributed by atoms with Gasteiger partial charge in [0, 0.05) is 31.5 Å². The third-order valence-corrected chi connectivity index (χ3v) is 3.28. The number of carbonyl (C=O) groups is 1. The van der Waals surface area contributed by atoms with Crippen LogP contribution < -0.4 is 0 Å². The van der Waals surface area contributed by atoms with Crippen molar-refractivity contribution in [2.75, 3.05) is 13.2 Å². The van der Waals surface area contributed by atoms with Gasteiger partial charge in [0.15, 0.2) is 0 Å². The van der Waals surface area contributed by atoms with Gasteiger partial charge in [-0.1, -0.05) is 6.07 Å². The molecule has 0 radical (unpaired) electrons. The minimum Gasteiger partial charge on any atom is -0.444 e. The summed E-state index contributed by atoms with van der Waals surface area (Å²) in [6.45, 7) is 6.16. The van der Waals surface area contributed by atoms with Gasteiger partial charge in [-0.3, -0.25) is 4.98 Å². The molecule has 0 saturated carbocycles. The average Bonchev–Trinajstić information content (AvgIpc) is 2.37. The molecule has 1 unspecified atom stereocenters. The van der Waals surface area contributed by atoms with Crippen molar-refractivity contribution >= 4 is 6.09 Å². The van der Waals surface area contributed by atoms with Crippen LogP contribution in [0.25, 0.3) is 0 Å². The molecular weight excluding hydrogens is 256 g/mol. The van der Waals surface area contributed by atoms with Crippen molar-refractivity contribution in [1.82, 2.24) is 9.88 Å². The van der Waals surface area contributed by atoms with Gasteiger partial charge in [-0.25, -0.2) is 4.79 Å². The van der Waals surface area contributed by atoms with Crippen LogP contribution in [-0.2, 0) is 11.2 Å². The van der Waals surface area contributed by atoms with Gasteiger partial charge in [-0.2, -0.15) is 0 Å². The Hall–Kier alpha value is -1.62. The van der Waals surface area contributed by atoms with Crippen molar-refractivity contribution in [3.63, 3.8) is 0 Å². The van der Waals surface area contributed by atoms with Crippen LogP contribution in [0, 0.1) is 0 Å². The van der Waals surface area contributed by atoms with Gasteiger partial charge in [0.05, 0.1) is 6.04 Å². The molecule has 1 aliphatic rings. The fraction of sp³-hybridized carbons (Fsp3) is 0.600. The lowest BCUT2D eigenvalue weighted by Crippen LogP contribution is -2.43.